The van der Waals surface area contributed by atoms with Gasteiger partial charge in [0.05, 0.1) is 17.2 Å². The molecule has 0 fully saturated rings. The van der Waals surface area contributed by atoms with Crippen LogP contribution in [0.1, 0.15) is 37.5 Å². The lowest BCUT2D eigenvalue weighted by molar-refractivity contribution is -0.243. The molecule has 0 saturated heterocycles. The molecule has 0 saturated carbocycles. The lowest BCUT2D eigenvalue weighted by Gasteiger charge is -2.29. The lowest BCUT2D eigenvalue weighted by atomic mass is 9.92. The van der Waals surface area contributed by atoms with Crippen molar-refractivity contribution in [3.8, 4) is 11.5 Å². The van der Waals surface area contributed by atoms with E-state index in [2.05, 4.69) is 0 Å². The van der Waals surface area contributed by atoms with E-state index in [1.807, 2.05) is 0 Å². The Kier molecular flexibility index (Phi) is 5.10. The highest BCUT2D eigenvalue weighted by atomic mass is 16.6. The Balaban J connectivity index is 1.81. The van der Waals surface area contributed by atoms with Crippen molar-refractivity contribution in [2.45, 2.75) is 45.2 Å². The summed E-state index contributed by atoms with van der Waals surface area (Å²) in [5.74, 6) is -2.84. The number of carboxylic acid groups (broad SMARTS) is 1. The van der Waals surface area contributed by atoms with Crippen LogP contribution in [0.5, 0.6) is 11.5 Å². The Morgan fingerprint density at radius 3 is 2.52 bits per heavy atom. The zero-order valence-corrected chi connectivity index (χ0v) is 16.6. The van der Waals surface area contributed by atoms with Gasteiger partial charge in [0.2, 0.25) is 5.79 Å². The van der Waals surface area contributed by atoms with E-state index in [-0.39, 0.29) is 12.2 Å². The molecule has 0 bridgehead atoms. The molecule has 1 aliphatic heterocycles. The molecule has 2 aromatic rings. The first-order valence-corrected chi connectivity index (χ1v) is 9.23. The number of aliphatic carboxylic acids is 1. The first kappa shape index (κ1) is 20.8. The number of nitrogens with two attached hydrogens (primary N) is 2. The minimum absolute atomic E-state index is 0.0502. The second-order valence-electron chi connectivity index (χ2n) is 7.95. The van der Waals surface area contributed by atoms with E-state index >= 15 is 0 Å². The number of ether oxygens (including phenoxy) is 2. The summed E-state index contributed by atoms with van der Waals surface area (Å²) in [4.78, 5) is 11.0. The molecule has 7 N–H and O–H groups in total. The maximum atomic E-state index is 11.0. The third-order valence-electron chi connectivity index (χ3n) is 5.18. The molecule has 0 aliphatic carbocycles. The highest BCUT2D eigenvalue weighted by Gasteiger charge is 2.54. The molecule has 8 nitrogen and oxygen atoms in total. The minimum atomic E-state index is -2.19. The molecule has 8 heteroatoms. The maximum Gasteiger partial charge on any atom is 0.306 e. The zero-order valence-electron chi connectivity index (χ0n) is 16.6. The summed E-state index contributed by atoms with van der Waals surface area (Å²) in [6.45, 7) is 4.83. The van der Waals surface area contributed by atoms with Gasteiger partial charge in [-0.15, -0.1) is 0 Å². The number of hydrogen-bond acceptors (Lipinski definition) is 7. The SMILES string of the molecule is CC(Cc1ccc(OCc2cc(N)cc3c2OC(C)(C)C3(O)O)c(N)c1)C(=O)O. The van der Waals surface area contributed by atoms with Gasteiger partial charge >= 0.3 is 5.97 Å². The first-order valence-electron chi connectivity index (χ1n) is 9.23. The van der Waals surface area contributed by atoms with E-state index in [1.165, 1.54) is 6.07 Å². The Labute approximate surface area is 168 Å². The third-order valence-corrected chi connectivity index (χ3v) is 5.18. The molecular formula is C21H26N2O6. The molecule has 2 aromatic carbocycles. The summed E-state index contributed by atoms with van der Waals surface area (Å²) in [7, 11) is 0. The van der Waals surface area contributed by atoms with E-state index < -0.39 is 23.3 Å². The molecule has 3 rings (SSSR count). The van der Waals surface area contributed by atoms with Crippen molar-refractivity contribution in [1.82, 2.24) is 0 Å². The maximum absolute atomic E-state index is 11.0. The van der Waals surface area contributed by atoms with Crippen LogP contribution < -0.4 is 20.9 Å². The van der Waals surface area contributed by atoms with E-state index in [0.717, 1.165) is 5.56 Å². The number of hydrogen-bond donors (Lipinski definition) is 5. The normalized spacial score (nSPS) is 17.3. The number of benzene rings is 2. The summed E-state index contributed by atoms with van der Waals surface area (Å²) >= 11 is 0. The van der Waals surface area contributed by atoms with Gasteiger partial charge in [0.25, 0.3) is 0 Å². The molecule has 0 aromatic heterocycles. The standard InChI is InChI=1S/C21H26N2O6/c1-11(19(24)25)6-12-4-5-17(16(23)7-12)28-10-13-8-14(22)9-15-18(13)29-20(2,3)21(15,26)27/h4-5,7-9,11,26-27H,6,10,22-23H2,1-3H3,(H,24,25). The van der Waals surface area contributed by atoms with Crippen molar-refractivity contribution in [2.75, 3.05) is 11.5 Å². The zero-order chi connectivity index (χ0) is 21.6. The number of carbonyl (C=O) groups is 1. The molecule has 0 amide bonds. The van der Waals surface area contributed by atoms with Gasteiger partial charge in [-0.05, 0) is 50.1 Å². The van der Waals surface area contributed by atoms with E-state index in [1.54, 1.807) is 45.0 Å². The Bertz CT molecular complexity index is 954. The van der Waals surface area contributed by atoms with Crippen LogP contribution in [0, 0.1) is 5.92 Å². The molecule has 0 spiro atoms. The molecular weight excluding hydrogens is 376 g/mol. The molecule has 0 radical (unpaired) electrons. The highest BCUT2D eigenvalue weighted by molar-refractivity contribution is 5.70. The number of nitrogen functional groups attached to an aromatic ring is 2. The van der Waals surface area contributed by atoms with Crippen LogP contribution in [0.15, 0.2) is 30.3 Å². The predicted molar refractivity (Wildman–Crippen MR) is 107 cm³/mol. The topological polar surface area (TPSA) is 148 Å². The molecule has 1 aliphatic rings. The van der Waals surface area contributed by atoms with Crippen LogP contribution in [0.25, 0.3) is 0 Å². The summed E-state index contributed by atoms with van der Waals surface area (Å²) in [5, 5.41) is 30.0. The van der Waals surface area contributed by atoms with Gasteiger partial charge in [0, 0.05) is 11.3 Å². The van der Waals surface area contributed by atoms with Crippen LogP contribution in [-0.4, -0.2) is 26.9 Å². The third kappa shape index (κ3) is 3.81. The summed E-state index contributed by atoms with van der Waals surface area (Å²) in [5.41, 5.74) is 13.0. The Morgan fingerprint density at radius 1 is 1.21 bits per heavy atom. The van der Waals surface area contributed by atoms with Crippen molar-refractivity contribution in [1.29, 1.82) is 0 Å². The smallest absolute Gasteiger partial charge is 0.306 e. The van der Waals surface area contributed by atoms with Gasteiger partial charge in [-0.1, -0.05) is 13.0 Å². The molecule has 1 heterocycles. The van der Waals surface area contributed by atoms with Gasteiger partial charge in [0.15, 0.2) is 5.60 Å². The van der Waals surface area contributed by atoms with Crippen molar-refractivity contribution in [3.05, 3.63) is 47.0 Å². The fourth-order valence-electron chi connectivity index (χ4n) is 3.30. The predicted octanol–water partition coefficient (Wildman–Crippen LogP) is 2.00. The Morgan fingerprint density at radius 2 is 1.90 bits per heavy atom. The minimum Gasteiger partial charge on any atom is -0.487 e. The van der Waals surface area contributed by atoms with Crippen molar-refractivity contribution in [2.24, 2.45) is 5.92 Å². The summed E-state index contributed by atoms with van der Waals surface area (Å²) in [6.07, 6.45) is 0.362. The van der Waals surface area contributed by atoms with Crippen molar-refractivity contribution in [3.63, 3.8) is 0 Å². The number of anilines is 2. The fraction of sp³-hybridized carbons (Fsp3) is 0.381. The number of rotatable bonds is 6. The largest absolute Gasteiger partial charge is 0.487 e. The Hall–Kier alpha value is -2.97. The monoisotopic (exact) mass is 402 g/mol. The van der Waals surface area contributed by atoms with Crippen molar-refractivity contribution >= 4 is 17.3 Å². The average Bonchev–Trinajstić information content (AvgIpc) is 2.79. The first-order chi connectivity index (χ1) is 13.4. The van der Waals surface area contributed by atoms with E-state index in [4.69, 9.17) is 26.0 Å². The second kappa shape index (κ2) is 7.13. The van der Waals surface area contributed by atoms with E-state index in [9.17, 15) is 15.0 Å². The van der Waals surface area contributed by atoms with Crippen LogP contribution >= 0.6 is 0 Å². The molecule has 1 unspecified atom stereocenters. The lowest BCUT2D eigenvalue weighted by Crippen LogP contribution is -2.46. The molecule has 29 heavy (non-hydrogen) atoms. The average molecular weight is 402 g/mol. The van der Waals surface area contributed by atoms with Gasteiger partial charge in [-0.3, -0.25) is 4.79 Å². The summed E-state index contributed by atoms with van der Waals surface area (Å²) in [6, 6.07) is 8.25. The van der Waals surface area contributed by atoms with Crippen LogP contribution in [-0.2, 0) is 23.6 Å². The number of carboxylic acids is 1. The molecule has 1 atom stereocenters. The van der Waals surface area contributed by atoms with E-state index in [0.29, 0.717) is 34.9 Å². The van der Waals surface area contributed by atoms with Crippen LogP contribution in [0.2, 0.25) is 0 Å². The van der Waals surface area contributed by atoms with Gasteiger partial charge in [-0.2, -0.15) is 0 Å². The molecule has 156 valence electrons. The van der Waals surface area contributed by atoms with Crippen LogP contribution in [0.3, 0.4) is 0 Å². The number of fused-ring (bicyclic) bond motifs is 1. The van der Waals surface area contributed by atoms with Gasteiger partial charge < -0.3 is 36.3 Å². The second-order valence-corrected chi connectivity index (χ2v) is 7.95. The van der Waals surface area contributed by atoms with Crippen molar-refractivity contribution < 1.29 is 29.6 Å². The van der Waals surface area contributed by atoms with Gasteiger partial charge in [-0.25, -0.2) is 0 Å². The highest BCUT2D eigenvalue weighted by Crippen LogP contribution is 2.48. The summed E-state index contributed by atoms with van der Waals surface area (Å²) < 4.78 is 11.6. The quantitative estimate of drug-likeness (QED) is 0.364. The van der Waals surface area contributed by atoms with Crippen LogP contribution in [0.4, 0.5) is 11.4 Å². The number of aliphatic hydroxyl groups is 2. The fourth-order valence-corrected chi connectivity index (χ4v) is 3.30. The van der Waals surface area contributed by atoms with Gasteiger partial charge in [0.1, 0.15) is 18.1 Å².